The highest BCUT2D eigenvalue weighted by molar-refractivity contribution is 9.10. The number of halogens is 1. The maximum Gasteiger partial charge on any atom is 0.359 e. The van der Waals surface area contributed by atoms with E-state index in [4.69, 9.17) is 4.74 Å². The van der Waals surface area contributed by atoms with Crippen molar-refractivity contribution in [2.75, 3.05) is 7.11 Å². The van der Waals surface area contributed by atoms with E-state index in [0.717, 1.165) is 23.7 Å². The monoisotopic (exact) mass is 295 g/mol. The molecule has 0 saturated heterocycles. The Labute approximate surface area is 106 Å². The van der Waals surface area contributed by atoms with Crippen LogP contribution in [0.15, 0.2) is 16.9 Å². The van der Waals surface area contributed by atoms with E-state index in [9.17, 15) is 4.79 Å². The highest BCUT2D eigenvalue weighted by Crippen LogP contribution is 2.37. The highest BCUT2D eigenvalue weighted by atomic mass is 79.9. The molecule has 1 aliphatic carbocycles. The first-order valence-electron chi connectivity index (χ1n) is 5.33. The van der Waals surface area contributed by atoms with E-state index in [2.05, 4.69) is 26.0 Å². The molecular weight excluding hydrogens is 286 g/mol. The van der Waals surface area contributed by atoms with Gasteiger partial charge in [-0.3, -0.25) is 4.68 Å². The fourth-order valence-corrected chi connectivity index (χ4v) is 2.19. The van der Waals surface area contributed by atoms with Crippen LogP contribution in [0.1, 0.15) is 29.4 Å². The molecule has 6 heteroatoms. The minimum Gasteiger partial charge on any atom is -0.464 e. The molecule has 1 saturated carbocycles. The van der Waals surface area contributed by atoms with Crippen LogP contribution >= 0.6 is 15.9 Å². The molecule has 2 aromatic rings. The number of rotatable bonds is 2. The zero-order valence-corrected chi connectivity index (χ0v) is 10.8. The molecule has 5 nitrogen and oxygen atoms in total. The largest absolute Gasteiger partial charge is 0.464 e. The van der Waals surface area contributed by atoms with Crippen LogP contribution in [0, 0.1) is 0 Å². The Hall–Kier alpha value is -1.43. The SMILES string of the molecule is COC(=O)c1nn(C2CC2)c2cnc(Br)cc12. The lowest BCUT2D eigenvalue weighted by Crippen LogP contribution is -2.04. The summed E-state index contributed by atoms with van der Waals surface area (Å²) < 4.78 is 7.31. The van der Waals surface area contributed by atoms with Crippen LogP contribution in [-0.4, -0.2) is 27.8 Å². The Morgan fingerprint density at radius 3 is 3.00 bits per heavy atom. The van der Waals surface area contributed by atoms with Crippen molar-refractivity contribution in [1.29, 1.82) is 0 Å². The van der Waals surface area contributed by atoms with E-state index in [0.29, 0.717) is 16.3 Å². The van der Waals surface area contributed by atoms with Crippen molar-refractivity contribution in [3.63, 3.8) is 0 Å². The predicted molar refractivity (Wildman–Crippen MR) is 64.8 cm³/mol. The minimum atomic E-state index is -0.410. The van der Waals surface area contributed by atoms with E-state index in [-0.39, 0.29) is 0 Å². The van der Waals surface area contributed by atoms with Gasteiger partial charge in [-0.25, -0.2) is 9.78 Å². The summed E-state index contributed by atoms with van der Waals surface area (Å²) in [4.78, 5) is 15.8. The molecular formula is C11H10BrN3O2. The van der Waals surface area contributed by atoms with Crippen molar-refractivity contribution in [3.8, 4) is 0 Å². The Morgan fingerprint density at radius 2 is 2.35 bits per heavy atom. The zero-order valence-electron chi connectivity index (χ0n) is 9.18. The number of hydrogen-bond acceptors (Lipinski definition) is 4. The lowest BCUT2D eigenvalue weighted by atomic mass is 10.2. The van der Waals surface area contributed by atoms with Gasteiger partial charge in [0.15, 0.2) is 5.69 Å². The van der Waals surface area contributed by atoms with Crippen molar-refractivity contribution in [1.82, 2.24) is 14.8 Å². The minimum absolute atomic E-state index is 0.359. The van der Waals surface area contributed by atoms with Gasteiger partial charge in [0.05, 0.1) is 24.9 Å². The number of pyridine rings is 1. The van der Waals surface area contributed by atoms with Gasteiger partial charge in [-0.05, 0) is 34.8 Å². The number of aromatic nitrogens is 3. The number of nitrogens with zero attached hydrogens (tertiary/aromatic N) is 3. The number of carbonyl (C=O) groups excluding carboxylic acids is 1. The molecule has 2 heterocycles. The lowest BCUT2D eigenvalue weighted by molar-refractivity contribution is 0.0595. The molecule has 88 valence electrons. The predicted octanol–water partition coefficient (Wildman–Crippen LogP) is 2.32. The Morgan fingerprint density at radius 1 is 1.59 bits per heavy atom. The van der Waals surface area contributed by atoms with E-state index < -0.39 is 5.97 Å². The first-order chi connectivity index (χ1) is 8.20. The highest BCUT2D eigenvalue weighted by Gasteiger charge is 2.29. The number of fused-ring (bicyclic) bond motifs is 1. The van der Waals surface area contributed by atoms with E-state index in [1.165, 1.54) is 7.11 Å². The quantitative estimate of drug-likeness (QED) is 0.630. The number of esters is 1. The molecule has 0 radical (unpaired) electrons. The number of methoxy groups -OCH3 is 1. The lowest BCUT2D eigenvalue weighted by Gasteiger charge is -1.98. The summed E-state index contributed by atoms with van der Waals surface area (Å²) in [5, 5.41) is 5.13. The standard InChI is InChI=1S/C11H10BrN3O2/c1-17-11(16)10-7-4-9(12)13-5-8(7)15(14-10)6-2-3-6/h4-6H,2-3H2,1H3. The molecule has 2 aromatic heterocycles. The molecule has 0 atom stereocenters. The van der Waals surface area contributed by atoms with Crippen molar-refractivity contribution in [3.05, 3.63) is 22.6 Å². The van der Waals surface area contributed by atoms with Gasteiger partial charge < -0.3 is 4.74 Å². The van der Waals surface area contributed by atoms with Crippen LogP contribution in [0.5, 0.6) is 0 Å². The van der Waals surface area contributed by atoms with Crippen LogP contribution in [0.25, 0.3) is 10.9 Å². The number of carbonyl (C=O) groups is 1. The van der Waals surface area contributed by atoms with Gasteiger partial charge in [-0.2, -0.15) is 5.10 Å². The molecule has 0 unspecified atom stereocenters. The third kappa shape index (κ3) is 1.72. The third-order valence-electron chi connectivity index (χ3n) is 2.83. The normalized spacial score (nSPS) is 15.2. The van der Waals surface area contributed by atoms with Crippen LogP contribution in [0.4, 0.5) is 0 Å². The first kappa shape index (κ1) is 10.7. The molecule has 17 heavy (non-hydrogen) atoms. The van der Waals surface area contributed by atoms with Gasteiger partial charge in [0.1, 0.15) is 4.60 Å². The van der Waals surface area contributed by atoms with Crippen LogP contribution in [-0.2, 0) is 4.74 Å². The van der Waals surface area contributed by atoms with E-state index in [1.54, 1.807) is 12.3 Å². The summed E-state index contributed by atoms with van der Waals surface area (Å²) in [6.07, 6.45) is 3.94. The van der Waals surface area contributed by atoms with Gasteiger partial charge in [0.2, 0.25) is 0 Å². The van der Waals surface area contributed by atoms with Gasteiger partial charge in [0.25, 0.3) is 0 Å². The number of ether oxygens (including phenoxy) is 1. The van der Waals surface area contributed by atoms with Gasteiger partial charge in [-0.15, -0.1) is 0 Å². The Balaban J connectivity index is 2.26. The summed E-state index contributed by atoms with van der Waals surface area (Å²) in [6.45, 7) is 0. The second-order valence-corrected chi connectivity index (χ2v) is 4.85. The molecule has 1 aliphatic rings. The summed E-state index contributed by atoms with van der Waals surface area (Å²) in [6, 6.07) is 2.20. The van der Waals surface area contributed by atoms with Crippen LogP contribution in [0.3, 0.4) is 0 Å². The summed E-state index contributed by atoms with van der Waals surface area (Å²) in [7, 11) is 1.36. The zero-order chi connectivity index (χ0) is 12.0. The molecule has 0 N–H and O–H groups in total. The van der Waals surface area contributed by atoms with Crippen molar-refractivity contribution >= 4 is 32.8 Å². The molecule has 0 amide bonds. The van der Waals surface area contributed by atoms with Gasteiger partial charge in [-0.1, -0.05) is 0 Å². The summed E-state index contributed by atoms with van der Waals surface area (Å²) in [5.74, 6) is -0.410. The van der Waals surface area contributed by atoms with Crippen LogP contribution < -0.4 is 0 Å². The average molecular weight is 296 g/mol. The van der Waals surface area contributed by atoms with Crippen molar-refractivity contribution in [2.24, 2.45) is 0 Å². The van der Waals surface area contributed by atoms with Gasteiger partial charge in [0, 0.05) is 5.39 Å². The fraction of sp³-hybridized carbons (Fsp3) is 0.364. The molecule has 3 rings (SSSR count). The smallest absolute Gasteiger partial charge is 0.359 e. The van der Waals surface area contributed by atoms with Crippen LogP contribution in [0.2, 0.25) is 0 Å². The van der Waals surface area contributed by atoms with E-state index in [1.807, 2.05) is 4.68 Å². The molecule has 0 aromatic carbocycles. The third-order valence-corrected chi connectivity index (χ3v) is 3.26. The summed E-state index contributed by atoms with van der Waals surface area (Å²) >= 11 is 3.30. The second-order valence-electron chi connectivity index (χ2n) is 4.04. The fourth-order valence-electron chi connectivity index (χ4n) is 1.86. The maximum atomic E-state index is 11.7. The molecule has 0 aliphatic heterocycles. The van der Waals surface area contributed by atoms with Gasteiger partial charge >= 0.3 is 5.97 Å². The molecule has 1 fully saturated rings. The van der Waals surface area contributed by atoms with Crippen molar-refractivity contribution in [2.45, 2.75) is 18.9 Å². The second kappa shape index (κ2) is 3.80. The maximum absolute atomic E-state index is 11.7. The summed E-state index contributed by atoms with van der Waals surface area (Å²) in [5.41, 5.74) is 1.24. The first-order valence-corrected chi connectivity index (χ1v) is 6.12. The Kier molecular flexibility index (Phi) is 2.39. The Bertz CT molecular complexity index is 604. The average Bonchev–Trinajstić information content (AvgIpc) is 3.10. The molecule has 0 spiro atoms. The topological polar surface area (TPSA) is 57.0 Å². The number of hydrogen-bond donors (Lipinski definition) is 0. The van der Waals surface area contributed by atoms with E-state index >= 15 is 0 Å². The molecule has 0 bridgehead atoms. The van der Waals surface area contributed by atoms with Crippen molar-refractivity contribution < 1.29 is 9.53 Å².